The highest BCUT2D eigenvalue weighted by Gasteiger charge is 2.15. The molecular weight excluding hydrogens is 498 g/mol. The van der Waals surface area contributed by atoms with E-state index >= 15 is 0 Å². The molecule has 0 saturated carbocycles. The summed E-state index contributed by atoms with van der Waals surface area (Å²) in [6, 6.07) is 21.5. The van der Waals surface area contributed by atoms with Gasteiger partial charge in [-0.15, -0.1) is 0 Å². The Morgan fingerprint density at radius 3 is 2.32 bits per heavy atom. The van der Waals surface area contributed by atoms with Crippen LogP contribution in [0.1, 0.15) is 23.6 Å². The van der Waals surface area contributed by atoms with Crippen LogP contribution in [-0.4, -0.2) is 42.9 Å². The molecule has 1 aromatic heterocycles. The van der Waals surface area contributed by atoms with E-state index < -0.39 is 0 Å². The average Bonchev–Trinajstić information content (AvgIpc) is 2.95. The van der Waals surface area contributed by atoms with Gasteiger partial charge in [-0.2, -0.15) is 0 Å². The van der Waals surface area contributed by atoms with Crippen molar-refractivity contribution >= 4 is 33.9 Å². The van der Waals surface area contributed by atoms with Crippen LogP contribution < -0.4 is 25.1 Å². The molecule has 0 aliphatic rings. The maximum Gasteiger partial charge on any atom is 0.253 e. The molecular formula is C30H33N3O4S. The molecule has 7 nitrogen and oxygen atoms in total. The molecule has 38 heavy (non-hydrogen) atoms. The second-order valence-corrected chi connectivity index (χ2v) is 9.31. The predicted molar refractivity (Wildman–Crippen MR) is 157 cm³/mol. The fourth-order valence-corrected chi connectivity index (χ4v) is 4.55. The van der Waals surface area contributed by atoms with Gasteiger partial charge in [0.25, 0.3) is 5.56 Å². The minimum Gasteiger partial charge on any atom is -0.497 e. The molecule has 0 atom stereocenters. The van der Waals surface area contributed by atoms with Crippen LogP contribution in [0.25, 0.3) is 10.9 Å². The summed E-state index contributed by atoms with van der Waals surface area (Å²) in [6.07, 6.45) is 1.62. The quantitative estimate of drug-likeness (QED) is 0.260. The standard InChI is InChI=1S/C30H33N3O4S/c1-5-20-6-12-26-22(16-20)18-23(29(34)32-26)19-33(30(38)31-24-8-10-25(35-2)11-9-24)15-14-21-7-13-27(36-3)28(17-21)37-4/h6-13,16-18H,5,14-15,19H2,1-4H3,(H,31,38)(H,32,34). The van der Waals surface area contributed by atoms with Gasteiger partial charge >= 0.3 is 0 Å². The summed E-state index contributed by atoms with van der Waals surface area (Å²) in [5, 5.41) is 4.84. The third-order valence-electron chi connectivity index (χ3n) is 6.50. The Morgan fingerprint density at radius 1 is 0.895 bits per heavy atom. The fourth-order valence-electron chi connectivity index (χ4n) is 4.27. The lowest BCUT2D eigenvalue weighted by Gasteiger charge is -2.26. The minimum absolute atomic E-state index is 0.120. The molecule has 0 saturated heterocycles. The van der Waals surface area contributed by atoms with Crippen molar-refractivity contribution in [2.24, 2.45) is 0 Å². The first-order valence-electron chi connectivity index (χ1n) is 12.5. The first-order valence-corrected chi connectivity index (χ1v) is 12.9. The molecule has 0 unspecified atom stereocenters. The normalized spacial score (nSPS) is 10.7. The number of aromatic amines is 1. The topological polar surface area (TPSA) is 75.8 Å². The van der Waals surface area contributed by atoms with Crippen molar-refractivity contribution in [2.45, 2.75) is 26.3 Å². The van der Waals surface area contributed by atoms with E-state index in [4.69, 9.17) is 26.4 Å². The highest BCUT2D eigenvalue weighted by atomic mass is 32.1. The van der Waals surface area contributed by atoms with Gasteiger partial charge in [0.1, 0.15) is 5.75 Å². The van der Waals surface area contributed by atoms with Crippen LogP contribution in [0, 0.1) is 0 Å². The second kappa shape index (κ2) is 12.5. The Hall–Kier alpha value is -4.04. The number of H-pyrrole nitrogens is 1. The average molecular weight is 532 g/mol. The number of rotatable bonds is 10. The summed E-state index contributed by atoms with van der Waals surface area (Å²) in [5.41, 5.74) is 4.48. The SMILES string of the molecule is CCc1ccc2[nH]c(=O)c(CN(CCc3ccc(OC)c(OC)c3)C(=S)Nc3ccc(OC)cc3)cc2c1. The number of benzene rings is 3. The molecule has 4 aromatic rings. The van der Waals surface area contributed by atoms with Crippen molar-refractivity contribution in [3.8, 4) is 17.2 Å². The number of nitrogens with one attached hydrogen (secondary N) is 2. The number of methoxy groups -OCH3 is 3. The van der Waals surface area contributed by atoms with E-state index in [1.807, 2.05) is 65.6 Å². The molecule has 0 bridgehead atoms. The number of pyridine rings is 1. The molecule has 8 heteroatoms. The number of nitrogens with zero attached hydrogens (tertiary/aromatic N) is 1. The van der Waals surface area contributed by atoms with E-state index in [-0.39, 0.29) is 5.56 Å². The van der Waals surface area contributed by atoms with Gasteiger partial charge in [0.2, 0.25) is 0 Å². The summed E-state index contributed by atoms with van der Waals surface area (Å²) < 4.78 is 16.1. The van der Waals surface area contributed by atoms with Crippen molar-refractivity contribution in [1.29, 1.82) is 0 Å². The molecule has 0 aliphatic heterocycles. The summed E-state index contributed by atoms with van der Waals surface area (Å²) in [4.78, 5) is 18.1. The van der Waals surface area contributed by atoms with Crippen molar-refractivity contribution in [1.82, 2.24) is 9.88 Å². The molecule has 0 amide bonds. The number of hydrogen-bond acceptors (Lipinski definition) is 5. The lowest BCUT2D eigenvalue weighted by molar-refractivity contribution is 0.354. The molecule has 0 aliphatic carbocycles. The number of thiocarbonyl (C=S) groups is 1. The summed E-state index contributed by atoms with van der Waals surface area (Å²) >= 11 is 5.83. The van der Waals surface area contributed by atoms with Gasteiger partial charge < -0.3 is 29.4 Å². The zero-order valence-corrected chi connectivity index (χ0v) is 23.0. The Labute approximate surface area is 228 Å². The lowest BCUT2D eigenvalue weighted by atomic mass is 10.1. The van der Waals surface area contributed by atoms with E-state index in [1.165, 1.54) is 5.56 Å². The molecule has 198 valence electrons. The minimum atomic E-state index is -0.120. The molecule has 0 fully saturated rings. The van der Waals surface area contributed by atoms with Crippen LogP contribution >= 0.6 is 12.2 Å². The van der Waals surface area contributed by atoms with Gasteiger partial charge in [-0.25, -0.2) is 0 Å². The predicted octanol–water partition coefficient (Wildman–Crippen LogP) is 5.56. The summed E-state index contributed by atoms with van der Waals surface area (Å²) in [7, 11) is 4.87. The molecule has 0 spiro atoms. The molecule has 2 N–H and O–H groups in total. The van der Waals surface area contributed by atoms with Crippen LogP contribution in [0.3, 0.4) is 0 Å². The molecule has 4 rings (SSSR count). The Kier molecular flexibility index (Phi) is 8.86. The van der Waals surface area contributed by atoms with E-state index in [0.29, 0.717) is 41.7 Å². The highest BCUT2D eigenvalue weighted by molar-refractivity contribution is 7.80. The number of aryl methyl sites for hydroxylation is 1. The largest absolute Gasteiger partial charge is 0.497 e. The monoisotopic (exact) mass is 531 g/mol. The first kappa shape index (κ1) is 27.0. The van der Waals surface area contributed by atoms with Gasteiger partial charge in [0, 0.05) is 23.3 Å². The Morgan fingerprint density at radius 2 is 1.63 bits per heavy atom. The van der Waals surface area contributed by atoms with Crippen molar-refractivity contribution in [3.63, 3.8) is 0 Å². The van der Waals surface area contributed by atoms with Crippen LogP contribution in [0.15, 0.2) is 71.5 Å². The Balaban J connectivity index is 1.60. The molecule has 0 radical (unpaired) electrons. The van der Waals surface area contributed by atoms with Gasteiger partial charge in [0.05, 0.1) is 27.9 Å². The van der Waals surface area contributed by atoms with Gasteiger partial charge in [-0.3, -0.25) is 4.79 Å². The van der Waals surface area contributed by atoms with Crippen molar-refractivity contribution in [3.05, 3.63) is 93.8 Å². The smallest absolute Gasteiger partial charge is 0.253 e. The Bertz CT molecular complexity index is 1470. The van der Waals surface area contributed by atoms with Crippen LogP contribution in [0.2, 0.25) is 0 Å². The lowest BCUT2D eigenvalue weighted by Crippen LogP contribution is -2.37. The number of fused-ring (bicyclic) bond motifs is 1. The van der Waals surface area contributed by atoms with Crippen molar-refractivity contribution < 1.29 is 14.2 Å². The van der Waals surface area contributed by atoms with Gasteiger partial charge in [-0.1, -0.05) is 19.1 Å². The highest BCUT2D eigenvalue weighted by Crippen LogP contribution is 2.28. The fraction of sp³-hybridized carbons (Fsp3) is 0.267. The molecule has 1 heterocycles. The number of aromatic nitrogens is 1. The number of ether oxygens (including phenoxy) is 3. The summed E-state index contributed by atoms with van der Waals surface area (Å²) in [5.74, 6) is 2.12. The zero-order valence-electron chi connectivity index (χ0n) is 22.2. The van der Waals surface area contributed by atoms with Crippen LogP contribution in [0.4, 0.5) is 5.69 Å². The maximum absolute atomic E-state index is 13.0. The van der Waals surface area contributed by atoms with E-state index in [1.54, 1.807) is 21.3 Å². The molecule has 3 aromatic carbocycles. The van der Waals surface area contributed by atoms with Crippen LogP contribution in [0.5, 0.6) is 17.2 Å². The van der Waals surface area contributed by atoms with Gasteiger partial charge in [-0.05, 0) is 96.2 Å². The third kappa shape index (κ3) is 6.44. The van der Waals surface area contributed by atoms with E-state index in [0.717, 1.165) is 34.3 Å². The van der Waals surface area contributed by atoms with E-state index in [2.05, 4.69) is 23.3 Å². The maximum atomic E-state index is 13.0. The summed E-state index contributed by atoms with van der Waals surface area (Å²) in [6.45, 7) is 3.06. The van der Waals surface area contributed by atoms with Gasteiger partial charge in [0.15, 0.2) is 16.6 Å². The van der Waals surface area contributed by atoms with E-state index in [9.17, 15) is 4.79 Å². The number of hydrogen-bond donors (Lipinski definition) is 2. The third-order valence-corrected chi connectivity index (χ3v) is 6.86. The second-order valence-electron chi connectivity index (χ2n) is 8.92. The van der Waals surface area contributed by atoms with Crippen molar-refractivity contribution in [2.75, 3.05) is 33.2 Å². The van der Waals surface area contributed by atoms with Crippen LogP contribution in [-0.2, 0) is 19.4 Å². The first-order chi connectivity index (χ1) is 18.4. The number of anilines is 1. The zero-order chi connectivity index (χ0) is 27.1.